The Hall–Kier alpha value is -2.00. The molecule has 0 amide bonds. The number of rotatable bonds is 2. The lowest BCUT2D eigenvalue weighted by molar-refractivity contribution is -0.179. The number of halogens is 3. The minimum absolute atomic E-state index is 0.179. The molecule has 0 unspecified atom stereocenters. The average molecular weight is 362 g/mol. The Morgan fingerprint density at radius 2 is 1.92 bits per heavy atom. The second-order valence-electron chi connectivity index (χ2n) is 5.71. The molecule has 0 aliphatic carbocycles. The Morgan fingerprint density at radius 3 is 2.58 bits per heavy atom. The highest BCUT2D eigenvalue weighted by Gasteiger charge is 2.48. The van der Waals surface area contributed by atoms with Gasteiger partial charge in [-0.15, -0.1) is 0 Å². The highest BCUT2D eigenvalue weighted by atomic mass is 32.2. The van der Waals surface area contributed by atoms with Crippen LogP contribution < -0.4 is 8.92 Å². The van der Waals surface area contributed by atoms with Gasteiger partial charge in [0.15, 0.2) is 5.75 Å². The van der Waals surface area contributed by atoms with Crippen LogP contribution in [0.15, 0.2) is 30.3 Å². The zero-order chi connectivity index (χ0) is 17.8. The van der Waals surface area contributed by atoms with E-state index >= 15 is 0 Å². The first-order valence-corrected chi connectivity index (χ1v) is 8.29. The molecule has 5 nitrogen and oxygen atoms in total. The summed E-state index contributed by atoms with van der Waals surface area (Å²) in [4.78, 5) is 0. The van der Waals surface area contributed by atoms with Crippen LogP contribution in [0.3, 0.4) is 0 Å². The fourth-order valence-corrected chi connectivity index (χ4v) is 2.79. The first kappa shape index (κ1) is 16.8. The molecular weight excluding hydrogens is 349 g/mol. The molecule has 0 radical (unpaired) electrons. The molecular formula is C15H13F3O5S. The van der Waals surface area contributed by atoms with Gasteiger partial charge in [-0.05, 0) is 23.6 Å². The number of benzene rings is 2. The van der Waals surface area contributed by atoms with Crippen molar-refractivity contribution >= 4 is 20.9 Å². The van der Waals surface area contributed by atoms with Crippen LogP contribution in [-0.2, 0) is 21.5 Å². The van der Waals surface area contributed by atoms with Crippen molar-refractivity contribution in [2.24, 2.45) is 0 Å². The van der Waals surface area contributed by atoms with E-state index in [0.717, 1.165) is 6.07 Å². The molecule has 9 heteroatoms. The van der Waals surface area contributed by atoms with Crippen LogP contribution in [0.4, 0.5) is 13.2 Å². The van der Waals surface area contributed by atoms with Gasteiger partial charge in [-0.1, -0.05) is 12.1 Å². The molecule has 0 N–H and O–H groups in total. The number of alkyl halides is 3. The van der Waals surface area contributed by atoms with E-state index < -0.39 is 27.2 Å². The highest BCUT2D eigenvalue weighted by molar-refractivity contribution is 7.88. The predicted octanol–water partition coefficient (Wildman–Crippen LogP) is 3.71. The van der Waals surface area contributed by atoms with E-state index in [9.17, 15) is 21.6 Å². The van der Waals surface area contributed by atoms with Gasteiger partial charge in [-0.25, -0.2) is 0 Å². The predicted molar refractivity (Wildman–Crippen MR) is 79.0 cm³/mol. The minimum atomic E-state index is -5.74. The summed E-state index contributed by atoms with van der Waals surface area (Å²) >= 11 is 0. The first-order valence-electron chi connectivity index (χ1n) is 6.88. The molecule has 0 fully saturated rings. The van der Waals surface area contributed by atoms with Gasteiger partial charge in [-0.3, -0.25) is 0 Å². The van der Waals surface area contributed by atoms with Crippen molar-refractivity contribution in [1.82, 2.24) is 0 Å². The third-order valence-corrected chi connectivity index (χ3v) is 4.40. The Balaban J connectivity index is 2.09. The Labute approximate surface area is 136 Å². The molecule has 24 heavy (non-hydrogen) atoms. The molecule has 0 saturated heterocycles. The van der Waals surface area contributed by atoms with Gasteiger partial charge in [0, 0.05) is 24.8 Å². The van der Waals surface area contributed by atoms with Crippen LogP contribution in [0.2, 0.25) is 0 Å². The smallest absolute Gasteiger partial charge is 0.463 e. The van der Waals surface area contributed by atoms with E-state index in [4.69, 9.17) is 9.47 Å². The van der Waals surface area contributed by atoms with Gasteiger partial charge in [0.2, 0.25) is 5.79 Å². The first-order chi connectivity index (χ1) is 11.0. The summed E-state index contributed by atoms with van der Waals surface area (Å²) in [6.45, 7) is 3.64. The van der Waals surface area contributed by atoms with Crippen molar-refractivity contribution in [2.75, 3.05) is 0 Å². The molecule has 3 rings (SSSR count). The van der Waals surface area contributed by atoms with E-state index in [1.807, 2.05) is 0 Å². The van der Waals surface area contributed by atoms with E-state index in [1.165, 1.54) is 12.1 Å². The quantitative estimate of drug-likeness (QED) is 0.602. The Kier molecular flexibility index (Phi) is 3.68. The molecule has 1 aliphatic rings. The number of fused-ring (bicyclic) bond motifs is 2. The molecule has 2 aromatic rings. The lowest BCUT2D eigenvalue weighted by atomic mass is 10.0. The minimum Gasteiger partial charge on any atom is -0.463 e. The van der Waals surface area contributed by atoms with Crippen LogP contribution in [0.1, 0.15) is 19.4 Å². The molecule has 0 bridgehead atoms. The molecule has 0 saturated carbocycles. The van der Waals surface area contributed by atoms with Gasteiger partial charge < -0.3 is 13.7 Å². The summed E-state index contributed by atoms with van der Waals surface area (Å²) in [5.41, 5.74) is -4.91. The molecule has 0 spiro atoms. The van der Waals surface area contributed by atoms with Crippen LogP contribution in [0.5, 0.6) is 11.5 Å². The van der Waals surface area contributed by atoms with E-state index in [2.05, 4.69) is 4.18 Å². The number of hydrogen-bond acceptors (Lipinski definition) is 5. The van der Waals surface area contributed by atoms with Crippen molar-refractivity contribution in [3.63, 3.8) is 0 Å². The highest BCUT2D eigenvalue weighted by Crippen LogP contribution is 2.38. The third-order valence-electron chi connectivity index (χ3n) is 3.44. The normalized spacial score (nSPS) is 17.2. The van der Waals surface area contributed by atoms with Crippen molar-refractivity contribution in [3.05, 3.63) is 35.9 Å². The fourth-order valence-electron chi connectivity index (χ4n) is 2.31. The van der Waals surface area contributed by atoms with Gasteiger partial charge >= 0.3 is 15.6 Å². The topological polar surface area (TPSA) is 61.8 Å². The molecule has 1 heterocycles. The van der Waals surface area contributed by atoms with Crippen LogP contribution in [-0.4, -0.2) is 19.7 Å². The molecule has 0 aromatic heterocycles. The summed E-state index contributed by atoms with van der Waals surface area (Å²) < 4.78 is 75.5. The Bertz CT molecular complexity index is 903. The summed E-state index contributed by atoms with van der Waals surface area (Å²) in [5.74, 6) is -0.707. The lowest BCUT2D eigenvalue weighted by Gasteiger charge is -2.32. The average Bonchev–Trinajstić information content (AvgIpc) is 2.43. The number of hydrogen-bond donors (Lipinski definition) is 0. The molecule has 2 aromatic carbocycles. The van der Waals surface area contributed by atoms with Crippen molar-refractivity contribution < 1.29 is 35.2 Å². The van der Waals surface area contributed by atoms with E-state index in [1.54, 1.807) is 26.0 Å². The van der Waals surface area contributed by atoms with Crippen LogP contribution in [0, 0.1) is 0 Å². The third kappa shape index (κ3) is 3.01. The molecule has 0 atom stereocenters. The number of ether oxygens (including phenoxy) is 2. The molecule has 1 aliphatic heterocycles. The van der Waals surface area contributed by atoms with E-state index in [-0.39, 0.29) is 12.0 Å². The van der Waals surface area contributed by atoms with Gasteiger partial charge in [0.1, 0.15) is 5.75 Å². The Morgan fingerprint density at radius 1 is 1.21 bits per heavy atom. The second kappa shape index (κ2) is 5.25. The molecule has 130 valence electrons. The largest absolute Gasteiger partial charge is 0.534 e. The summed E-state index contributed by atoms with van der Waals surface area (Å²) in [6.07, 6.45) is 0. The van der Waals surface area contributed by atoms with Gasteiger partial charge in [-0.2, -0.15) is 21.6 Å². The maximum Gasteiger partial charge on any atom is 0.534 e. The summed E-state index contributed by atoms with van der Waals surface area (Å²) in [5, 5.41) is 0.706. The zero-order valence-electron chi connectivity index (χ0n) is 12.7. The fraction of sp³-hybridized carbons (Fsp3) is 0.333. The van der Waals surface area contributed by atoms with Crippen LogP contribution in [0.25, 0.3) is 10.8 Å². The maximum atomic E-state index is 12.5. The standard InChI is InChI=1S/C15H13F3O5S/c1-14(2)21-8-10-6-11-9(7-13(10)22-14)4-3-5-12(11)23-24(19,20)15(16,17)18/h3-7H,8H2,1-2H3. The SMILES string of the molecule is CC1(C)OCc2cc3c(OS(=O)(=O)C(F)(F)F)cccc3cc2O1. The zero-order valence-corrected chi connectivity index (χ0v) is 13.5. The van der Waals surface area contributed by atoms with E-state index in [0.29, 0.717) is 16.7 Å². The van der Waals surface area contributed by atoms with Gasteiger partial charge in [0.25, 0.3) is 0 Å². The van der Waals surface area contributed by atoms with Crippen molar-refractivity contribution in [2.45, 2.75) is 31.7 Å². The van der Waals surface area contributed by atoms with Crippen LogP contribution >= 0.6 is 0 Å². The monoisotopic (exact) mass is 362 g/mol. The lowest BCUT2D eigenvalue weighted by Crippen LogP contribution is -2.35. The second-order valence-corrected chi connectivity index (χ2v) is 7.25. The maximum absolute atomic E-state index is 12.5. The summed E-state index contributed by atoms with van der Waals surface area (Å²) in [6, 6.07) is 7.30. The van der Waals surface area contributed by atoms with Crippen molar-refractivity contribution in [3.8, 4) is 11.5 Å². The van der Waals surface area contributed by atoms with Gasteiger partial charge in [0.05, 0.1) is 6.61 Å². The summed E-state index contributed by atoms with van der Waals surface area (Å²) in [7, 11) is -5.74. The van der Waals surface area contributed by atoms with Crippen molar-refractivity contribution in [1.29, 1.82) is 0 Å².